The van der Waals surface area contributed by atoms with E-state index in [1.54, 1.807) is 44.2 Å². The highest BCUT2D eigenvalue weighted by molar-refractivity contribution is 9.10. The molecule has 0 heterocycles. The van der Waals surface area contributed by atoms with Crippen molar-refractivity contribution < 1.29 is 9.18 Å². The number of carbonyl (C=O) groups excluding carboxylic acids is 1. The van der Waals surface area contributed by atoms with Crippen molar-refractivity contribution in [3.05, 3.63) is 63.4 Å². The number of hydrogen-bond donors (Lipinski definition) is 2. The molecule has 0 radical (unpaired) electrons. The predicted molar refractivity (Wildman–Crippen MR) is 85.6 cm³/mol. The van der Waals surface area contributed by atoms with Gasteiger partial charge in [0, 0.05) is 10.2 Å². The molecular weight excluding hydrogens is 335 g/mol. The van der Waals surface area contributed by atoms with Gasteiger partial charge in [-0.15, -0.1) is 0 Å². The van der Waals surface area contributed by atoms with Gasteiger partial charge < -0.3 is 11.1 Å². The van der Waals surface area contributed by atoms with E-state index in [4.69, 9.17) is 5.73 Å². The van der Waals surface area contributed by atoms with Crippen molar-refractivity contribution >= 4 is 27.5 Å². The third kappa shape index (κ3) is 3.61. The van der Waals surface area contributed by atoms with E-state index in [0.29, 0.717) is 22.4 Å². The Labute approximate surface area is 131 Å². The smallest absolute Gasteiger partial charge is 0.253 e. The van der Waals surface area contributed by atoms with Crippen LogP contribution in [0.5, 0.6) is 0 Å². The normalized spacial score (nSPS) is 12.0. The summed E-state index contributed by atoms with van der Waals surface area (Å²) in [5.74, 6) is -0.571. The molecule has 2 aromatic carbocycles. The highest BCUT2D eigenvalue weighted by atomic mass is 79.9. The van der Waals surface area contributed by atoms with Gasteiger partial charge >= 0.3 is 0 Å². The summed E-state index contributed by atoms with van der Waals surface area (Å²) in [7, 11) is 0. The van der Waals surface area contributed by atoms with Crippen LogP contribution in [-0.2, 0) is 0 Å². The minimum absolute atomic E-state index is 0.282. The van der Waals surface area contributed by atoms with Crippen molar-refractivity contribution in [3.63, 3.8) is 0 Å². The SMILES string of the molecule is Cc1ccc(C(C)NC(=O)c2cc(Br)ccc2N)cc1F. The van der Waals surface area contributed by atoms with E-state index in [0.717, 1.165) is 4.47 Å². The predicted octanol–water partition coefficient (Wildman–Crippen LogP) is 3.97. The van der Waals surface area contributed by atoms with Gasteiger partial charge in [0.15, 0.2) is 0 Å². The van der Waals surface area contributed by atoms with E-state index in [1.807, 2.05) is 0 Å². The Morgan fingerprint density at radius 1 is 1.29 bits per heavy atom. The lowest BCUT2D eigenvalue weighted by Crippen LogP contribution is -2.27. The van der Waals surface area contributed by atoms with Gasteiger partial charge in [0.25, 0.3) is 5.91 Å². The first kappa shape index (κ1) is 15.5. The number of amides is 1. The van der Waals surface area contributed by atoms with Gasteiger partial charge in [0.2, 0.25) is 0 Å². The molecule has 110 valence electrons. The second-order valence-electron chi connectivity index (χ2n) is 4.94. The van der Waals surface area contributed by atoms with Crippen molar-refractivity contribution in [1.29, 1.82) is 0 Å². The van der Waals surface area contributed by atoms with E-state index in [9.17, 15) is 9.18 Å². The summed E-state index contributed by atoms with van der Waals surface area (Å²) >= 11 is 3.31. The number of hydrogen-bond acceptors (Lipinski definition) is 2. The number of nitrogens with one attached hydrogen (secondary N) is 1. The summed E-state index contributed by atoms with van der Waals surface area (Å²) < 4.78 is 14.4. The lowest BCUT2D eigenvalue weighted by Gasteiger charge is -2.16. The number of aryl methyl sites for hydroxylation is 1. The van der Waals surface area contributed by atoms with Gasteiger partial charge in [-0.3, -0.25) is 4.79 Å². The maximum absolute atomic E-state index is 13.6. The molecule has 0 aliphatic heterocycles. The molecule has 21 heavy (non-hydrogen) atoms. The maximum Gasteiger partial charge on any atom is 0.253 e. The largest absolute Gasteiger partial charge is 0.398 e. The molecule has 1 amide bonds. The zero-order chi connectivity index (χ0) is 15.6. The summed E-state index contributed by atoms with van der Waals surface area (Å²) in [6.45, 7) is 3.50. The van der Waals surface area contributed by atoms with Crippen LogP contribution >= 0.6 is 15.9 Å². The summed E-state index contributed by atoms with van der Waals surface area (Å²) in [5, 5.41) is 2.82. The van der Waals surface area contributed by atoms with Crippen LogP contribution in [0.15, 0.2) is 40.9 Å². The fourth-order valence-electron chi connectivity index (χ4n) is 1.96. The lowest BCUT2D eigenvalue weighted by atomic mass is 10.1. The third-order valence-electron chi connectivity index (χ3n) is 3.30. The van der Waals surface area contributed by atoms with Crippen LogP contribution < -0.4 is 11.1 Å². The molecule has 0 aliphatic rings. The fourth-order valence-corrected chi connectivity index (χ4v) is 2.32. The topological polar surface area (TPSA) is 55.1 Å². The minimum atomic E-state index is -0.314. The van der Waals surface area contributed by atoms with Crippen LogP contribution in [0.3, 0.4) is 0 Å². The average Bonchev–Trinajstić information content (AvgIpc) is 2.44. The van der Waals surface area contributed by atoms with Crippen molar-refractivity contribution in [3.8, 4) is 0 Å². The number of benzene rings is 2. The molecule has 0 spiro atoms. The average molecular weight is 351 g/mol. The van der Waals surface area contributed by atoms with Crippen LogP contribution in [0.4, 0.5) is 10.1 Å². The number of halogens is 2. The Morgan fingerprint density at radius 3 is 2.67 bits per heavy atom. The van der Waals surface area contributed by atoms with Gasteiger partial charge in [-0.1, -0.05) is 28.1 Å². The Morgan fingerprint density at radius 2 is 2.00 bits per heavy atom. The van der Waals surface area contributed by atoms with Crippen molar-refractivity contribution in [2.75, 3.05) is 5.73 Å². The number of nitrogen functional groups attached to an aromatic ring is 1. The molecule has 2 aromatic rings. The third-order valence-corrected chi connectivity index (χ3v) is 3.80. The van der Waals surface area contributed by atoms with Gasteiger partial charge in [-0.05, 0) is 49.2 Å². The molecule has 0 fully saturated rings. The molecule has 0 bridgehead atoms. The summed E-state index contributed by atoms with van der Waals surface area (Å²) in [5.41, 5.74) is 7.89. The van der Waals surface area contributed by atoms with Crippen molar-refractivity contribution in [2.24, 2.45) is 0 Å². The molecule has 1 atom stereocenters. The number of carbonyl (C=O) groups is 1. The molecule has 0 saturated carbocycles. The van der Waals surface area contributed by atoms with Crippen LogP contribution in [0.2, 0.25) is 0 Å². The molecule has 5 heteroatoms. The standard InChI is InChI=1S/C16H16BrFN2O/c1-9-3-4-11(7-14(9)18)10(2)20-16(21)13-8-12(17)5-6-15(13)19/h3-8,10H,19H2,1-2H3,(H,20,21). The molecular formula is C16H16BrFN2O. The Balaban J connectivity index is 2.18. The zero-order valence-electron chi connectivity index (χ0n) is 11.8. The molecule has 2 rings (SSSR count). The quantitative estimate of drug-likeness (QED) is 0.823. The molecule has 3 nitrogen and oxygen atoms in total. The van der Waals surface area contributed by atoms with Crippen LogP contribution in [0, 0.1) is 12.7 Å². The summed E-state index contributed by atoms with van der Waals surface area (Å²) in [6, 6.07) is 9.71. The van der Waals surface area contributed by atoms with E-state index in [1.165, 1.54) is 6.07 Å². The molecule has 0 aromatic heterocycles. The molecule has 0 aliphatic carbocycles. The second-order valence-corrected chi connectivity index (χ2v) is 5.85. The van der Waals surface area contributed by atoms with E-state index in [2.05, 4.69) is 21.2 Å². The Kier molecular flexibility index (Phi) is 4.63. The lowest BCUT2D eigenvalue weighted by molar-refractivity contribution is 0.0940. The van der Waals surface area contributed by atoms with E-state index < -0.39 is 0 Å². The van der Waals surface area contributed by atoms with Crippen LogP contribution in [0.25, 0.3) is 0 Å². The first-order valence-electron chi connectivity index (χ1n) is 6.50. The van der Waals surface area contributed by atoms with Gasteiger partial charge in [0.1, 0.15) is 5.82 Å². The molecule has 1 unspecified atom stereocenters. The van der Waals surface area contributed by atoms with Crippen molar-refractivity contribution in [1.82, 2.24) is 5.32 Å². The Bertz CT molecular complexity index is 688. The number of rotatable bonds is 3. The highest BCUT2D eigenvalue weighted by Gasteiger charge is 2.15. The monoisotopic (exact) mass is 350 g/mol. The minimum Gasteiger partial charge on any atom is -0.398 e. The zero-order valence-corrected chi connectivity index (χ0v) is 13.4. The first-order chi connectivity index (χ1) is 9.88. The number of anilines is 1. The van der Waals surface area contributed by atoms with E-state index in [-0.39, 0.29) is 17.8 Å². The van der Waals surface area contributed by atoms with Crippen LogP contribution in [-0.4, -0.2) is 5.91 Å². The van der Waals surface area contributed by atoms with E-state index >= 15 is 0 Å². The van der Waals surface area contributed by atoms with Crippen molar-refractivity contribution in [2.45, 2.75) is 19.9 Å². The first-order valence-corrected chi connectivity index (χ1v) is 7.29. The van der Waals surface area contributed by atoms with Crippen LogP contribution in [0.1, 0.15) is 34.5 Å². The van der Waals surface area contributed by atoms with Gasteiger partial charge in [-0.25, -0.2) is 4.39 Å². The highest BCUT2D eigenvalue weighted by Crippen LogP contribution is 2.21. The van der Waals surface area contributed by atoms with Gasteiger partial charge in [-0.2, -0.15) is 0 Å². The number of nitrogens with two attached hydrogens (primary N) is 1. The Hall–Kier alpha value is -1.88. The van der Waals surface area contributed by atoms with Gasteiger partial charge in [0.05, 0.1) is 11.6 Å². The summed E-state index contributed by atoms with van der Waals surface area (Å²) in [4.78, 5) is 12.2. The second kappa shape index (κ2) is 6.26. The summed E-state index contributed by atoms with van der Waals surface area (Å²) in [6.07, 6.45) is 0. The molecule has 3 N–H and O–H groups in total. The fraction of sp³-hybridized carbons (Fsp3) is 0.188. The molecule has 0 saturated heterocycles. The maximum atomic E-state index is 13.6.